The number of ether oxygens (including phenoxy) is 2. The van der Waals surface area contributed by atoms with E-state index in [9.17, 15) is 4.79 Å². The minimum Gasteiger partial charge on any atom is -0.493 e. The molecule has 3 saturated carbocycles. The van der Waals surface area contributed by atoms with Crippen LogP contribution in [0.5, 0.6) is 5.75 Å². The lowest BCUT2D eigenvalue weighted by Gasteiger charge is -2.60. The molecule has 5 rings (SSSR count). The Kier molecular flexibility index (Phi) is 5.90. The van der Waals surface area contributed by atoms with Crippen LogP contribution in [0.2, 0.25) is 0 Å². The van der Waals surface area contributed by atoms with E-state index < -0.39 is 5.97 Å². The molecular formula is C24H35NO4. The van der Waals surface area contributed by atoms with E-state index in [4.69, 9.17) is 14.6 Å². The van der Waals surface area contributed by atoms with Crippen molar-refractivity contribution in [2.24, 2.45) is 23.2 Å². The van der Waals surface area contributed by atoms with Crippen LogP contribution in [0.15, 0.2) is 18.2 Å². The summed E-state index contributed by atoms with van der Waals surface area (Å²) in [6.45, 7) is 10.6. The maximum Gasteiger partial charge on any atom is 0.304 e. The van der Waals surface area contributed by atoms with Crippen molar-refractivity contribution in [3.05, 3.63) is 29.3 Å². The average Bonchev–Trinajstić information content (AvgIpc) is 2.71. The maximum absolute atomic E-state index is 10.8. The van der Waals surface area contributed by atoms with Crippen LogP contribution in [0.25, 0.3) is 0 Å². The number of fused-ring (bicyclic) bond motifs is 2. The zero-order valence-electron chi connectivity index (χ0n) is 18.0. The molecule has 0 amide bonds. The molecule has 1 aliphatic heterocycles. The van der Waals surface area contributed by atoms with Crippen molar-refractivity contribution in [1.29, 1.82) is 0 Å². The molecule has 1 aromatic carbocycles. The molecule has 5 heteroatoms. The van der Waals surface area contributed by atoms with Gasteiger partial charge in [0.2, 0.25) is 0 Å². The highest BCUT2D eigenvalue weighted by Gasteiger charge is 2.54. The molecule has 0 aromatic heterocycles. The van der Waals surface area contributed by atoms with Gasteiger partial charge in [-0.05, 0) is 72.6 Å². The molecule has 29 heavy (non-hydrogen) atoms. The number of hydrogen-bond acceptors (Lipinski definition) is 4. The van der Waals surface area contributed by atoms with E-state index >= 15 is 0 Å². The smallest absolute Gasteiger partial charge is 0.304 e. The van der Waals surface area contributed by atoms with Gasteiger partial charge >= 0.3 is 5.97 Å². The van der Waals surface area contributed by atoms with Gasteiger partial charge in [-0.2, -0.15) is 0 Å². The molecule has 1 aromatic rings. The van der Waals surface area contributed by atoms with Crippen LogP contribution in [-0.4, -0.2) is 48.8 Å². The predicted molar refractivity (Wildman–Crippen MR) is 112 cm³/mol. The molecule has 1 heterocycles. The molecule has 3 aliphatic carbocycles. The van der Waals surface area contributed by atoms with Gasteiger partial charge in [0.15, 0.2) is 0 Å². The number of aryl methyl sites for hydroxylation is 1. The minimum atomic E-state index is -0.746. The molecule has 1 N–H and O–H groups in total. The van der Waals surface area contributed by atoms with Crippen LogP contribution in [0.4, 0.5) is 0 Å². The molecule has 4 fully saturated rings. The molecule has 1 saturated heterocycles. The van der Waals surface area contributed by atoms with Gasteiger partial charge in [-0.25, -0.2) is 0 Å². The van der Waals surface area contributed by atoms with E-state index in [1.807, 2.05) is 0 Å². The number of nitrogens with zero attached hydrogens (tertiary/aromatic N) is 1. The summed E-state index contributed by atoms with van der Waals surface area (Å²) in [6, 6.07) is 6.33. The lowest BCUT2D eigenvalue weighted by Crippen LogP contribution is -2.53. The highest BCUT2D eigenvalue weighted by molar-refractivity contribution is 5.66. The number of carboxylic acids is 1. The standard InChI is InChI=1S/C24H35NO4/c1-16-12-19(29-15-17-4-5-18-13-21(17)24(18,2)3)6-7-20(16)22-14-25(10-11-28-22)9-8-23(26)27/h6-7,12,17-18,21-22H,4-5,8-11,13-15H2,1-3H3,(H,26,27). The Bertz CT molecular complexity index is 744. The number of carboxylic acid groups (broad SMARTS) is 1. The second-order valence-corrected chi connectivity index (χ2v) is 9.83. The van der Waals surface area contributed by atoms with Crippen molar-refractivity contribution in [3.8, 4) is 5.75 Å². The van der Waals surface area contributed by atoms with Gasteiger partial charge in [0, 0.05) is 19.6 Å². The fraction of sp³-hybridized carbons (Fsp3) is 0.708. The summed E-state index contributed by atoms with van der Waals surface area (Å²) >= 11 is 0. The molecule has 4 aliphatic rings. The summed E-state index contributed by atoms with van der Waals surface area (Å²) in [4.78, 5) is 13.0. The zero-order chi connectivity index (χ0) is 20.6. The molecule has 160 valence electrons. The first kappa shape index (κ1) is 20.7. The van der Waals surface area contributed by atoms with Crippen molar-refractivity contribution >= 4 is 5.97 Å². The Morgan fingerprint density at radius 3 is 2.86 bits per heavy atom. The number of hydrogen-bond donors (Lipinski definition) is 1. The van der Waals surface area contributed by atoms with Crippen molar-refractivity contribution < 1.29 is 19.4 Å². The van der Waals surface area contributed by atoms with Crippen molar-refractivity contribution in [1.82, 2.24) is 4.90 Å². The third-order valence-electron chi connectivity index (χ3n) is 7.85. The quantitative estimate of drug-likeness (QED) is 0.738. The van der Waals surface area contributed by atoms with Crippen LogP contribution in [0, 0.1) is 30.1 Å². The van der Waals surface area contributed by atoms with Gasteiger partial charge < -0.3 is 14.6 Å². The summed E-state index contributed by atoms with van der Waals surface area (Å²) in [5.41, 5.74) is 2.86. The Labute approximate surface area is 174 Å². The number of rotatable bonds is 7. The van der Waals surface area contributed by atoms with Crippen molar-refractivity contribution in [3.63, 3.8) is 0 Å². The topological polar surface area (TPSA) is 59.0 Å². The second-order valence-electron chi connectivity index (χ2n) is 9.83. The second kappa shape index (κ2) is 8.27. The number of benzene rings is 1. The van der Waals surface area contributed by atoms with Gasteiger partial charge in [0.05, 0.1) is 25.7 Å². The third kappa shape index (κ3) is 4.31. The van der Waals surface area contributed by atoms with Crippen LogP contribution in [-0.2, 0) is 9.53 Å². The van der Waals surface area contributed by atoms with Crippen molar-refractivity contribution in [2.45, 2.75) is 52.6 Å². The van der Waals surface area contributed by atoms with Gasteiger partial charge in [-0.1, -0.05) is 19.9 Å². The van der Waals surface area contributed by atoms with Crippen LogP contribution in [0.1, 0.15) is 56.8 Å². The normalized spacial score (nSPS) is 31.1. The molecular weight excluding hydrogens is 366 g/mol. The summed E-state index contributed by atoms with van der Waals surface area (Å²) in [5.74, 6) is 2.62. The largest absolute Gasteiger partial charge is 0.493 e. The molecule has 5 nitrogen and oxygen atoms in total. The first-order valence-corrected chi connectivity index (χ1v) is 11.1. The number of carbonyl (C=O) groups is 1. The fourth-order valence-corrected chi connectivity index (χ4v) is 5.81. The Morgan fingerprint density at radius 1 is 1.34 bits per heavy atom. The predicted octanol–water partition coefficient (Wildman–Crippen LogP) is 4.29. The number of morpholine rings is 1. The van der Waals surface area contributed by atoms with Gasteiger partial charge in [0.1, 0.15) is 5.75 Å². The van der Waals surface area contributed by atoms with Gasteiger partial charge in [-0.3, -0.25) is 9.69 Å². The highest BCUT2D eigenvalue weighted by atomic mass is 16.5. The van der Waals surface area contributed by atoms with E-state index in [1.54, 1.807) is 0 Å². The Morgan fingerprint density at radius 2 is 2.17 bits per heavy atom. The monoisotopic (exact) mass is 401 g/mol. The summed E-state index contributed by atoms with van der Waals surface area (Å²) in [5, 5.41) is 8.92. The van der Waals surface area contributed by atoms with Crippen LogP contribution in [0.3, 0.4) is 0 Å². The highest BCUT2D eigenvalue weighted by Crippen LogP contribution is 2.61. The minimum absolute atomic E-state index is 0.00218. The number of aliphatic carboxylic acids is 1. The summed E-state index contributed by atoms with van der Waals surface area (Å²) < 4.78 is 12.2. The van der Waals surface area contributed by atoms with E-state index in [-0.39, 0.29) is 12.5 Å². The lowest BCUT2D eigenvalue weighted by molar-refractivity contribution is -0.137. The average molecular weight is 402 g/mol. The zero-order valence-corrected chi connectivity index (χ0v) is 18.0. The first-order valence-electron chi connectivity index (χ1n) is 11.1. The first-order chi connectivity index (χ1) is 13.8. The van der Waals surface area contributed by atoms with Gasteiger partial charge in [0.25, 0.3) is 0 Å². The van der Waals surface area contributed by atoms with Crippen molar-refractivity contribution in [2.75, 3.05) is 32.8 Å². The maximum atomic E-state index is 10.8. The van der Waals surface area contributed by atoms with Crippen LogP contribution >= 0.6 is 0 Å². The van der Waals surface area contributed by atoms with E-state index in [2.05, 4.69) is 43.9 Å². The molecule has 0 radical (unpaired) electrons. The van der Waals surface area contributed by atoms with Crippen LogP contribution < -0.4 is 4.74 Å². The van der Waals surface area contributed by atoms with Gasteiger partial charge in [-0.15, -0.1) is 0 Å². The Hall–Kier alpha value is -1.59. The molecule has 4 atom stereocenters. The fourth-order valence-electron chi connectivity index (χ4n) is 5.81. The molecule has 0 spiro atoms. The summed E-state index contributed by atoms with van der Waals surface area (Å²) in [7, 11) is 0. The molecule has 4 unspecified atom stereocenters. The third-order valence-corrected chi connectivity index (χ3v) is 7.85. The summed E-state index contributed by atoms with van der Waals surface area (Å²) in [6.07, 6.45) is 4.22. The SMILES string of the molecule is Cc1cc(OCC2CCC3CC2C3(C)C)ccc1C1CN(CCC(=O)O)CCO1. The molecule has 2 bridgehead atoms. The van der Waals surface area contributed by atoms with E-state index in [0.717, 1.165) is 37.3 Å². The van der Waals surface area contributed by atoms with E-state index in [1.165, 1.54) is 30.4 Å². The lowest BCUT2D eigenvalue weighted by atomic mass is 9.46. The van der Waals surface area contributed by atoms with E-state index in [0.29, 0.717) is 24.5 Å². The Balaban J connectivity index is 1.34.